The normalized spacial score (nSPS) is 15.2. The van der Waals surface area contributed by atoms with Crippen molar-refractivity contribution in [1.29, 1.82) is 0 Å². The van der Waals surface area contributed by atoms with Crippen molar-refractivity contribution < 1.29 is 19.1 Å². The number of rotatable bonds is 10. The number of nitrogens with zero attached hydrogens (tertiary/aromatic N) is 2. The van der Waals surface area contributed by atoms with Crippen LogP contribution in [0.2, 0.25) is 0 Å². The van der Waals surface area contributed by atoms with Gasteiger partial charge in [0.25, 0.3) is 0 Å². The summed E-state index contributed by atoms with van der Waals surface area (Å²) in [4.78, 5) is 30.9. The van der Waals surface area contributed by atoms with Crippen molar-refractivity contribution in [1.82, 2.24) is 15.1 Å². The van der Waals surface area contributed by atoms with Crippen LogP contribution in [-0.2, 0) is 11.2 Å². The average Bonchev–Trinajstić information content (AvgIpc) is 3.29. The number of para-hydroxylation sites is 2. The Morgan fingerprint density at radius 2 is 2.00 bits per heavy atom. The lowest BCUT2D eigenvalue weighted by Gasteiger charge is -2.37. The Hall–Kier alpha value is -2.74. The van der Waals surface area contributed by atoms with E-state index in [-0.39, 0.29) is 30.4 Å². The Kier molecular flexibility index (Phi) is 9.00. The molecule has 1 aromatic carbocycles. The lowest BCUT2D eigenvalue weighted by Crippen LogP contribution is -2.50. The SMILES string of the molecule is CCCNC(=O)N(CC(=O)N1CCc2sccc2[C@@H]1COc1ccccc1OC)CC(C)C. The number of carbonyl (C=O) groups is 2. The molecular weight excluding hydrogens is 438 g/mol. The molecular formula is C25H35N3O4S. The summed E-state index contributed by atoms with van der Waals surface area (Å²) in [6.45, 7) is 8.22. The highest BCUT2D eigenvalue weighted by atomic mass is 32.1. The third-order valence-corrected chi connectivity index (χ3v) is 6.60. The maximum absolute atomic E-state index is 13.5. The minimum absolute atomic E-state index is 0.0539. The lowest BCUT2D eigenvalue weighted by molar-refractivity contribution is -0.135. The first kappa shape index (κ1) is 24.9. The molecule has 0 fully saturated rings. The monoisotopic (exact) mass is 473 g/mol. The van der Waals surface area contributed by atoms with E-state index in [2.05, 4.69) is 16.8 Å². The highest BCUT2D eigenvalue weighted by molar-refractivity contribution is 7.10. The zero-order chi connectivity index (χ0) is 23.8. The van der Waals surface area contributed by atoms with Crippen molar-refractivity contribution in [2.45, 2.75) is 39.7 Å². The number of nitrogens with one attached hydrogen (secondary N) is 1. The van der Waals surface area contributed by atoms with Crippen LogP contribution >= 0.6 is 11.3 Å². The van der Waals surface area contributed by atoms with Gasteiger partial charge >= 0.3 is 6.03 Å². The van der Waals surface area contributed by atoms with E-state index < -0.39 is 0 Å². The van der Waals surface area contributed by atoms with Crippen molar-refractivity contribution >= 4 is 23.3 Å². The van der Waals surface area contributed by atoms with Gasteiger partial charge in [-0.3, -0.25) is 4.79 Å². The van der Waals surface area contributed by atoms with Crippen LogP contribution in [0, 0.1) is 5.92 Å². The predicted molar refractivity (Wildman–Crippen MR) is 131 cm³/mol. The quantitative estimate of drug-likeness (QED) is 0.557. The summed E-state index contributed by atoms with van der Waals surface area (Å²) in [5.41, 5.74) is 1.13. The van der Waals surface area contributed by atoms with Crippen molar-refractivity contribution in [3.05, 3.63) is 46.2 Å². The fourth-order valence-corrected chi connectivity index (χ4v) is 4.97. The summed E-state index contributed by atoms with van der Waals surface area (Å²) >= 11 is 1.72. The molecule has 0 spiro atoms. The molecule has 0 aliphatic carbocycles. The lowest BCUT2D eigenvalue weighted by atomic mass is 10.0. The number of benzene rings is 1. The summed E-state index contributed by atoms with van der Waals surface area (Å²) in [6, 6.07) is 9.20. The Morgan fingerprint density at radius 3 is 2.70 bits per heavy atom. The van der Waals surface area contributed by atoms with E-state index >= 15 is 0 Å². The smallest absolute Gasteiger partial charge is 0.317 e. The van der Waals surface area contributed by atoms with Crippen LogP contribution in [0.25, 0.3) is 0 Å². The molecule has 0 unspecified atom stereocenters. The van der Waals surface area contributed by atoms with Gasteiger partial charge in [-0.1, -0.05) is 32.9 Å². The number of carbonyl (C=O) groups excluding carboxylic acids is 2. The number of hydrogen-bond donors (Lipinski definition) is 1. The van der Waals surface area contributed by atoms with Gasteiger partial charge in [-0.05, 0) is 47.9 Å². The van der Waals surface area contributed by atoms with E-state index in [1.54, 1.807) is 23.3 Å². The third kappa shape index (κ3) is 6.41. The zero-order valence-corrected chi connectivity index (χ0v) is 20.8. The maximum Gasteiger partial charge on any atom is 0.317 e. The molecule has 8 heteroatoms. The van der Waals surface area contributed by atoms with Gasteiger partial charge in [-0.15, -0.1) is 11.3 Å². The van der Waals surface area contributed by atoms with Gasteiger partial charge in [-0.25, -0.2) is 4.79 Å². The van der Waals surface area contributed by atoms with Crippen LogP contribution in [0.4, 0.5) is 4.79 Å². The summed E-state index contributed by atoms with van der Waals surface area (Å²) in [7, 11) is 1.61. The molecule has 1 aliphatic rings. The first-order valence-corrected chi connectivity index (χ1v) is 12.5. The summed E-state index contributed by atoms with van der Waals surface area (Å²) < 4.78 is 11.5. The second-order valence-electron chi connectivity index (χ2n) is 8.62. The molecule has 33 heavy (non-hydrogen) atoms. The van der Waals surface area contributed by atoms with E-state index in [1.807, 2.05) is 49.9 Å². The van der Waals surface area contributed by atoms with E-state index in [0.717, 1.165) is 18.4 Å². The second kappa shape index (κ2) is 11.9. The van der Waals surface area contributed by atoms with Crippen molar-refractivity contribution in [3.8, 4) is 11.5 Å². The molecule has 1 aromatic heterocycles. The molecule has 0 saturated carbocycles. The van der Waals surface area contributed by atoms with Crippen LogP contribution in [0.3, 0.4) is 0 Å². The molecule has 3 amide bonds. The topological polar surface area (TPSA) is 71.1 Å². The molecule has 7 nitrogen and oxygen atoms in total. The van der Waals surface area contributed by atoms with Crippen LogP contribution in [0.5, 0.6) is 11.5 Å². The minimum Gasteiger partial charge on any atom is -0.493 e. The first-order valence-electron chi connectivity index (χ1n) is 11.6. The van der Waals surface area contributed by atoms with E-state index in [9.17, 15) is 9.59 Å². The number of thiophene rings is 1. The van der Waals surface area contributed by atoms with Crippen molar-refractivity contribution in [2.75, 3.05) is 39.9 Å². The molecule has 2 aromatic rings. The Bertz CT molecular complexity index is 930. The number of amides is 3. The van der Waals surface area contributed by atoms with Crippen LogP contribution in [0.1, 0.15) is 43.7 Å². The maximum atomic E-state index is 13.5. The van der Waals surface area contributed by atoms with Crippen molar-refractivity contribution in [3.63, 3.8) is 0 Å². The fourth-order valence-electron chi connectivity index (χ4n) is 4.04. The average molecular weight is 474 g/mol. The first-order chi connectivity index (χ1) is 15.9. The van der Waals surface area contributed by atoms with Crippen LogP contribution in [-0.4, -0.2) is 61.6 Å². The Morgan fingerprint density at radius 1 is 1.24 bits per heavy atom. The predicted octanol–water partition coefficient (Wildman–Crippen LogP) is 4.34. The number of ether oxygens (including phenoxy) is 2. The van der Waals surface area contributed by atoms with E-state index in [0.29, 0.717) is 37.7 Å². The Balaban J connectivity index is 1.77. The molecule has 0 saturated heterocycles. The molecule has 1 N–H and O–H groups in total. The zero-order valence-electron chi connectivity index (χ0n) is 20.0. The van der Waals surface area contributed by atoms with Gasteiger partial charge in [0.05, 0.1) is 13.2 Å². The highest BCUT2D eigenvalue weighted by Gasteiger charge is 2.33. The van der Waals surface area contributed by atoms with Gasteiger partial charge in [0, 0.05) is 24.5 Å². The van der Waals surface area contributed by atoms with Gasteiger partial charge in [-0.2, -0.15) is 0 Å². The molecule has 0 radical (unpaired) electrons. The summed E-state index contributed by atoms with van der Waals surface area (Å²) in [5.74, 6) is 1.51. The highest BCUT2D eigenvalue weighted by Crippen LogP contribution is 2.35. The molecule has 3 rings (SSSR count). The Labute approximate surface area is 200 Å². The minimum atomic E-state index is -0.211. The molecule has 1 atom stereocenters. The summed E-state index contributed by atoms with van der Waals surface area (Å²) in [5, 5.41) is 4.97. The molecule has 2 heterocycles. The number of urea groups is 1. The molecule has 180 valence electrons. The number of hydrogen-bond acceptors (Lipinski definition) is 5. The number of fused-ring (bicyclic) bond motifs is 1. The largest absolute Gasteiger partial charge is 0.493 e. The van der Waals surface area contributed by atoms with Gasteiger partial charge in [0.15, 0.2) is 11.5 Å². The van der Waals surface area contributed by atoms with Gasteiger partial charge < -0.3 is 24.6 Å². The number of methoxy groups -OCH3 is 1. The fraction of sp³-hybridized carbons (Fsp3) is 0.520. The second-order valence-corrected chi connectivity index (χ2v) is 9.62. The van der Waals surface area contributed by atoms with E-state index in [1.165, 1.54) is 4.88 Å². The standard InChI is InChI=1S/C25H35N3O4S/c1-5-12-26-25(30)27(15-18(2)3)16-24(29)28-13-10-23-19(11-14-33-23)20(28)17-32-22-9-7-6-8-21(22)31-4/h6-9,11,14,18,20H,5,10,12-13,15-17H2,1-4H3,(H,26,30)/t20-/m0/s1. The van der Waals surface area contributed by atoms with Gasteiger partial charge in [0.1, 0.15) is 13.2 Å². The van der Waals surface area contributed by atoms with Crippen LogP contribution < -0.4 is 14.8 Å². The molecule has 0 bridgehead atoms. The van der Waals surface area contributed by atoms with Crippen LogP contribution in [0.15, 0.2) is 35.7 Å². The third-order valence-electron chi connectivity index (χ3n) is 5.61. The molecule has 1 aliphatic heterocycles. The van der Waals surface area contributed by atoms with Gasteiger partial charge in [0.2, 0.25) is 5.91 Å². The van der Waals surface area contributed by atoms with E-state index in [4.69, 9.17) is 9.47 Å². The summed E-state index contributed by atoms with van der Waals surface area (Å²) in [6.07, 6.45) is 1.67. The van der Waals surface area contributed by atoms with Crippen molar-refractivity contribution in [2.24, 2.45) is 5.92 Å².